The molecule has 2 N–H and O–H groups in total. The van der Waals surface area contributed by atoms with E-state index >= 15 is 0 Å². The van der Waals surface area contributed by atoms with Gasteiger partial charge in [0.1, 0.15) is 5.60 Å². The standard InChI is InChI=1S/C24H39NO5Si/c1-23(2,3)29-22(28)25-19(14-16-12-10-9-11-13-16)20(17-15-18(17)21(26)27)30-31(7,8)24(4,5)6/h9-13,17-20H,14-15H2,1-8H3,(H,25,28)(H,26,27). The topological polar surface area (TPSA) is 84.9 Å². The number of alkyl carbamates (subject to hydrolysis) is 1. The van der Waals surface area contributed by atoms with Gasteiger partial charge in [0.05, 0.1) is 18.1 Å². The second kappa shape index (κ2) is 9.33. The van der Waals surface area contributed by atoms with Gasteiger partial charge in [-0.15, -0.1) is 0 Å². The van der Waals surface area contributed by atoms with E-state index in [1.165, 1.54) is 0 Å². The Kier molecular flexibility index (Phi) is 7.64. The molecule has 31 heavy (non-hydrogen) atoms. The van der Waals surface area contributed by atoms with Crippen molar-refractivity contribution in [2.24, 2.45) is 11.8 Å². The van der Waals surface area contributed by atoms with Gasteiger partial charge in [-0.2, -0.15) is 0 Å². The van der Waals surface area contributed by atoms with E-state index in [1.807, 2.05) is 51.1 Å². The molecule has 4 atom stereocenters. The van der Waals surface area contributed by atoms with E-state index in [9.17, 15) is 14.7 Å². The van der Waals surface area contributed by atoms with E-state index in [0.29, 0.717) is 12.8 Å². The summed E-state index contributed by atoms with van der Waals surface area (Å²) in [6.45, 7) is 16.3. The lowest BCUT2D eigenvalue weighted by molar-refractivity contribution is -0.139. The Bertz CT molecular complexity index is 766. The van der Waals surface area contributed by atoms with E-state index in [2.05, 4.69) is 39.2 Å². The zero-order valence-corrected chi connectivity index (χ0v) is 21.2. The Morgan fingerprint density at radius 2 is 1.71 bits per heavy atom. The van der Waals surface area contributed by atoms with Crippen LogP contribution in [0.1, 0.15) is 53.5 Å². The van der Waals surface area contributed by atoms with Gasteiger partial charge in [-0.05, 0) is 63.2 Å². The Balaban J connectivity index is 2.36. The normalized spacial score (nSPS) is 21.2. The lowest BCUT2D eigenvalue weighted by atomic mass is 9.97. The largest absolute Gasteiger partial charge is 0.481 e. The molecule has 1 amide bonds. The van der Waals surface area contributed by atoms with Crippen molar-refractivity contribution in [2.45, 2.75) is 90.3 Å². The minimum atomic E-state index is -2.22. The zero-order valence-electron chi connectivity index (χ0n) is 20.2. The number of aliphatic carboxylic acids is 1. The third kappa shape index (κ3) is 7.35. The molecule has 0 bridgehead atoms. The van der Waals surface area contributed by atoms with Crippen molar-refractivity contribution in [3.05, 3.63) is 35.9 Å². The van der Waals surface area contributed by atoms with Crippen molar-refractivity contribution >= 4 is 20.4 Å². The van der Waals surface area contributed by atoms with Crippen LogP contribution in [-0.4, -0.2) is 43.2 Å². The molecule has 1 aliphatic rings. The Hall–Kier alpha value is -1.86. The molecular formula is C24H39NO5Si. The molecule has 6 nitrogen and oxygen atoms in total. The molecule has 1 aromatic rings. The number of carbonyl (C=O) groups is 2. The van der Waals surface area contributed by atoms with Gasteiger partial charge in [-0.1, -0.05) is 51.1 Å². The van der Waals surface area contributed by atoms with Gasteiger partial charge < -0.3 is 19.6 Å². The van der Waals surface area contributed by atoms with E-state index in [1.54, 1.807) is 0 Å². The summed E-state index contributed by atoms with van der Waals surface area (Å²) in [5.74, 6) is -1.37. The molecule has 0 aliphatic heterocycles. The van der Waals surface area contributed by atoms with Gasteiger partial charge in [0.15, 0.2) is 8.32 Å². The Morgan fingerprint density at radius 1 is 1.13 bits per heavy atom. The van der Waals surface area contributed by atoms with E-state index < -0.39 is 38.0 Å². The summed E-state index contributed by atoms with van der Waals surface area (Å²) in [6, 6.07) is 9.50. The van der Waals surface area contributed by atoms with Crippen LogP contribution in [0.2, 0.25) is 18.1 Å². The second-order valence-corrected chi connectivity index (χ2v) is 15.9. The number of ether oxygens (including phenoxy) is 1. The van der Waals surface area contributed by atoms with Crippen molar-refractivity contribution in [3.63, 3.8) is 0 Å². The zero-order chi connectivity index (χ0) is 23.6. The van der Waals surface area contributed by atoms with Crippen LogP contribution in [0, 0.1) is 11.8 Å². The molecule has 174 valence electrons. The number of benzene rings is 1. The quantitative estimate of drug-likeness (QED) is 0.531. The average Bonchev–Trinajstić information content (AvgIpc) is 3.38. The van der Waals surface area contributed by atoms with Crippen molar-refractivity contribution in [3.8, 4) is 0 Å². The predicted octanol–water partition coefficient (Wildman–Crippen LogP) is 5.23. The second-order valence-electron chi connectivity index (χ2n) is 11.1. The van der Waals surface area contributed by atoms with Crippen molar-refractivity contribution in [1.29, 1.82) is 0 Å². The lowest BCUT2D eigenvalue weighted by Crippen LogP contribution is -2.54. The van der Waals surface area contributed by atoms with Gasteiger partial charge in [0.2, 0.25) is 0 Å². The molecule has 1 fully saturated rings. The van der Waals surface area contributed by atoms with Gasteiger partial charge in [0, 0.05) is 0 Å². The number of hydrogen-bond acceptors (Lipinski definition) is 4. The number of carbonyl (C=O) groups excluding carboxylic acids is 1. The van der Waals surface area contributed by atoms with Crippen LogP contribution >= 0.6 is 0 Å². The maximum atomic E-state index is 12.7. The van der Waals surface area contributed by atoms with Crippen LogP contribution in [0.3, 0.4) is 0 Å². The summed E-state index contributed by atoms with van der Waals surface area (Å²) in [6.07, 6.45) is 0.206. The summed E-state index contributed by atoms with van der Waals surface area (Å²) < 4.78 is 12.3. The lowest BCUT2D eigenvalue weighted by Gasteiger charge is -2.42. The molecule has 4 unspecified atom stereocenters. The smallest absolute Gasteiger partial charge is 0.407 e. The van der Waals surface area contributed by atoms with Crippen LogP contribution in [0.15, 0.2) is 30.3 Å². The number of nitrogens with one attached hydrogen (secondary N) is 1. The van der Waals surface area contributed by atoms with Crippen LogP contribution < -0.4 is 5.32 Å². The van der Waals surface area contributed by atoms with Crippen molar-refractivity contribution in [2.75, 3.05) is 0 Å². The molecule has 1 aliphatic carbocycles. The van der Waals surface area contributed by atoms with Gasteiger partial charge in [0.25, 0.3) is 0 Å². The molecule has 1 saturated carbocycles. The molecule has 0 saturated heterocycles. The molecule has 0 spiro atoms. The highest BCUT2D eigenvalue weighted by Gasteiger charge is 2.54. The maximum absolute atomic E-state index is 12.7. The van der Waals surface area contributed by atoms with Crippen LogP contribution in [-0.2, 0) is 20.4 Å². The third-order valence-electron chi connectivity index (χ3n) is 6.21. The summed E-state index contributed by atoms with van der Waals surface area (Å²) in [7, 11) is -2.22. The first-order valence-corrected chi connectivity index (χ1v) is 14.0. The van der Waals surface area contributed by atoms with Crippen LogP contribution in [0.25, 0.3) is 0 Å². The van der Waals surface area contributed by atoms with E-state index in [4.69, 9.17) is 9.16 Å². The van der Waals surface area contributed by atoms with Gasteiger partial charge in [-0.3, -0.25) is 4.79 Å². The molecule has 2 rings (SSSR count). The molecular weight excluding hydrogens is 410 g/mol. The highest BCUT2D eigenvalue weighted by Crippen LogP contribution is 2.47. The van der Waals surface area contributed by atoms with Gasteiger partial charge >= 0.3 is 12.1 Å². The predicted molar refractivity (Wildman–Crippen MR) is 125 cm³/mol. The highest BCUT2D eigenvalue weighted by atomic mass is 28.4. The first kappa shape index (κ1) is 25.4. The van der Waals surface area contributed by atoms with E-state index in [-0.39, 0.29) is 17.0 Å². The minimum Gasteiger partial charge on any atom is -0.481 e. The first-order chi connectivity index (χ1) is 14.1. The summed E-state index contributed by atoms with van der Waals surface area (Å²) in [4.78, 5) is 24.4. The molecule has 0 radical (unpaired) electrons. The Morgan fingerprint density at radius 3 is 2.16 bits per heavy atom. The minimum absolute atomic E-state index is 0.0396. The molecule has 7 heteroatoms. The number of amides is 1. The fraction of sp³-hybridized carbons (Fsp3) is 0.667. The van der Waals surface area contributed by atoms with E-state index in [0.717, 1.165) is 5.56 Å². The number of carboxylic acid groups (broad SMARTS) is 1. The van der Waals surface area contributed by atoms with Crippen molar-refractivity contribution < 1.29 is 23.9 Å². The van der Waals surface area contributed by atoms with Crippen LogP contribution in [0.4, 0.5) is 4.79 Å². The fourth-order valence-electron chi connectivity index (χ4n) is 3.42. The molecule has 0 aromatic heterocycles. The number of carboxylic acids is 1. The van der Waals surface area contributed by atoms with Crippen molar-refractivity contribution in [1.82, 2.24) is 5.32 Å². The third-order valence-corrected chi connectivity index (χ3v) is 10.7. The molecule has 0 heterocycles. The number of rotatable bonds is 8. The van der Waals surface area contributed by atoms with Crippen LogP contribution in [0.5, 0.6) is 0 Å². The average molecular weight is 450 g/mol. The first-order valence-electron chi connectivity index (χ1n) is 11.0. The fourth-order valence-corrected chi connectivity index (χ4v) is 4.80. The summed E-state index contributed by atoms with van der Waals surface area (Å²) >= 11 is 0. The van der Waals surface area contributed by atoms with Gasteiger partial charge in [-0.25, -0.2) is 4.79 Å². The highest BCUT2D eigenvalue weighted by molar-refractivity contribution is 6.74. The monoisotopic (exact) mass is 449 g/mol. The summed E-state index contributed by atoms with van der Waals surface area (Å²) in [5.41, 5.74) is 0.431. The number of hydrogen-bond donors (Lipinski definition) is 2. The molecule has 1 aromatic carbocycles. The summed E-state index contributed by atoms with van der Waals surface area (Å²) in [5, 5.41) is 12.6. The maximum Gasteiger partial charge on any atom is 0.407 e. The Labute approximate surface area is 187 Å². The SMILES string of the molecule is CC(C)(C)OC(=O)NC(Cc1ccccc1)C(O[Si](C)(C)C(C)(C)C)C1CC1C(=O)O.